The van der Waals surface area contributed by atoms with E-state index in [9.17, 15) is 4.79 Å². The molecule has 1 aliphatic rings. The molecule has 0 aliphatic carbocycles. The van der Waals surface area contributed by atoms with E-state index in [0.29, 0.717) is 4.67 Å². The summed E-state index contributed by atoms with van der Waals surface area (Å²) in [5.74, 6) is 0.0124. The minimum Gasteiger partial charge on any atom is -0.444 e. The van der Waals surface area contributed by atoms with Gasteiger partial charge in [-0.05, 0) is 59.1 Å². The first-order chi connectivity index (χ1) is 11.2. The largest absolute Gasteiger partial charge is 0.444 e. The summed E-state index contributed by atoms with van der Waals surface area (Å²) < 4.78 is 6.88. The smallest absolute Gasteiger partial charge is 0.291 e. The number of thiazole rings is 1. The van der Waals surface area contributed by atoms with E-state index in [4.69, 9.17) is 4.42 Å². The number of nitrogens with one attached hydrogen (secondary N) is 1. The van der Waals surface area contributed by atoms with E-state index in [2.05, 4.69) is 31.1 Å². The predicted molar refractivity (Wildman–Crippen MR) is 95.4 cm³/mol. The number of carbonyl (C=O) groups is 1. The quantitative estimate of drug-likeness (QED) is 0.713. The molecule has 2 aromatic heterocycles. The highest BCUT2D eigenvalue weighted by Crippen LogP contribution is 2.32. The summed E-state index contributed by atoms with van der Waals surface area (Å²) in [4.78, 5) is 19.1. The molecule has 0 unspecified atom stereocenters. The van der Waals surface area contributed by atoms with Crippen molar-refractivity contribution in [1.29, 1.82) is 0 Å². The van der Waals surface area contributed by atoms with E-state index in [1.165, 1.54) is 12.8 Å². The van der Waals surface area contributed by atoms with Crippen LogP contribution in [0.5, 0.6) is 0 Å². The van der Waals surface area contributed by atoms with Crippen molar-refractivity contribution in [1.82, 2.24) is 4.98 Å². The number of hydrogen-bond donors (Lipinski definition) is 1. The van der Waals surface area contributed by atoms with Crippen LogP contribution in [0, 0.1) is 0 Å². The second-order valence-electron chi connectivity index (χ2n) is 5.43. The number of rotatable bonds is 3. The molecule has 4 rings (SSSR count). The molecule has 1 aliphatic heterocycles. The standard InChI is InChI=1S/C16H14BrN3O2S/c17-14-6-5-12(22-14)15(21)18-10-3-4-11-13(9-10)23-16(19-11)20-7-1-2-8-20/h3-6,9H,1-2,7-8H2,(H,18,21). The highest BCUT2D eigenvalue weighted by atomic mass is 79.9. The minimum absolute atomic E-state index is 0.265. The van der Waals surface area contributed by atoms with E-state index < -0.39 is 0 Å². The molecule has 1 aromatic carbocycles. The molecule has 3 heterocycles. The number of amides is 1. The number of anilines is 2. The van der Waals surface area contributed by atoms with Gasteiger partial charge in [-0.2, -0.15) is 0 Å². The molecular weight excluding hydrogens is 378 g/mol. The number of aromatic nitrogens is 1. The van der Waals surface area contributed by atoms with Gasteiger partial charge in [0.2, 0.25) is 0 Å². The predicted octanol–water partition coefficient (Wildman–Crippen LogP) is 4.50. The molecule has 1 amide bonds. The van der Waals surface area contributed by atoms with Crippen LogP contribution < -0.4 is 10.2 Å². The topological polar surface area (TPSA) is 58.4 Å². The lowest BCUT2D eigenvalue weighted by Gasteiger charge is -2.11. The number of carbonyl (C=O) groups excluding carboxylic acids is 1. The van der Waals surface area contributed by atoms with Gasteiger partial charge >= 0.3 is 0 Å². The fourth-order valence-corrected chi connectivity index (χ4v) is 4.03. The van der Waals surface area contributed by atoms with Crippen molar-refractivity contribution in [2.45, 2.75) is 12.8 Å². The molecule has 118 valence electrons. The van der Waals surface area contributed by atoms with Crippen LogP contribution in [0.3, 0.4) is 0 Å². The zero-order valence-corrected chi connectivity index (χ0v) is 14.6. The van der Waals surface area contributed by atoms with Gasteiger partial charge in [-0.1, -0.05) is 11.3 Å². The van der Waals surface area contributed by atoms with E-state index in [1.54, 1.807) is 23.5 Å². The van der Waals surface area contributed by atoms with E-state index in [-0.39, 0.29) is 11.7 Å². The molecular formula is C16H14BrN3O2S. The van der Waals surface area contributed by atoms with Crippen LogP contribution in [0.15, 0.2) is 39.4 Å². The number of furan rings is 1. The summed E-state index contributed by atoms with van der Waals surface area (Å²) in [6, 6.07) is 9.10. The molecule has 0 saturated carbocycles. The lowest BCUT2D eigenvalue weighted by molar-refractivity contribution is 0.0995. The SMILES string of the molecule is O=C(Nc1ccc2nc(N3CCCC3)sc2c1)c1ccc(Br)o1. The average Bonchev–Trinajstić information content (AvgIpc) is 3.26. The van der Waals surface area contributed by atoms with Crippen molar-refractivity contribution in [3.8, 4) is 0 Å². The third-order valence-corrected chi connectivity index (χ3v) is 5.31. The van der Waals surface area contributed by atoms with Gasteiger partial charge in [0.1, 0.15) is 0 Å². The number of fused-ring (bicyclic) bond motifs is 1. The van der Waals surface area contributed by atoms with Gasteiger partial charge in [0.25, 0.3) is 5.91 Å². The highest BCUT2D eigenvalue weighted by molar-refractivity contribution is 9.10. The highest BCUT2D eigenvalue weighted by Gasteiger charge is 2.17. The minimum atomic E-state index is -0.265. The van der Waals surface area contributed by atoms with Crippen LogP contribution in [0.25, 0.3) is 10.2 Å². The second-order valence-corrected chi connectivity index (χ2v) is 7.22. The summed E-state index contributed by atoms with van der Waals surface area (Å²) in [6.45, 7) is 2.16. The summed E-state index contributed by atoms with van der Waals surface area (Å²) in [5.41, 5.74) is 1.71. The van der Waals surface area contributed by atoms with E-state index >= 15 is 0 Å². The Morgan fingerprint density at radius 2 is 2.09 bits per heavy atom. The van der Waals surface area contributed by atoms with E-state index in [1.807, 2.05) is 18.2 Å². The lowest BCUT2D eigenvalue weighted by Crippen LogP contribution is -2.16. The summed E-state index contributed by atoms with van der Waals surface area (Å²) >= 11 is 4.86. The Hall–Kier alpha value is -1.86. The lowest BCUT2D eigenvalue weighted by atomic mass is 10.3. The van der Waals surface area contributed by atoms with Crippen molar-refractivity contribution >= 4 is 54.2 Å². The van der Waals surface area contributed by atoms with Crippen molar-refractivity contribution in [3.63, 3.8) is 0 Å². The number of nitrogens with zero attached hydrogens (tertiary/aromatic N) is 2. The maximum absolute atomic E-state index is 12.1. The van der Waals surface area contributed by atoms with Crippen molar-refractivity contribution in [2.75, 3.05) is 23.3 Å². The van der Waals surface area contributed by atoms with Gasteiger partial charge in [-0.3, -0.25) is 4.79 Å². The summed E-state index contributed by atoms with van der Waals surface area (Å²) in [7, 11) is 0. The number of hydrogen-bond acceptors (Lipinski definition) is 5. The maximum atomic E-state index is 12.1. The molecule has 7 heteroatoms. The first-order valence-electron chi connectivity index (χ1n) is 7.41. The molecule has 1 fully saturated rings. The number of benzene rings is 1. The van der Waals surface area contributed by atoms with Crippen LogP contribution in [0.2, 0.25) is 0 Å². The average molecular weight is 392 g/mol. The molecule has 0 bridgehead atoms. The van der Waals surface area contributed by atoms with Crippen molar-refractivity contribution < 1.29 is 9.21 Å². The Labute approximate surface area is 145 Å². The molecule has 5 nitrogen and oxygen atoms in total. The first-order valence-corrected chi connectivity index (χ1v) is 9.02. The zero-order valence-electron chi connectivity index (χ0n) is 12.2. The molecule has 0 radical (unpaired) electrons. The maximum Gasteiger partial charge on any atom is 0.291 e. The molecule has 0 spiro atoms. The van der Waals surface area contributed by atoms with Gasteiger partial charge in [-0.25, -0.2) is 4.98 Å². The molecule has 0 atom stereocenters. The second kappa shape index (κ2) is 5.98. The van der Waals surface area contributed by atoms with E-state index in [0.717, 1.165) is 34.1 Å². The summed E-state index contributed by atoms with van der Waals surface area (Å²) in [6.07, 6.45) is 2.46. The fourth-order valence-electron chi connectivity index (χ4n) is 2.66. The zero-order chi connectivity index (χ0) is 15.8. The van der Waals surface area contributed by atoms with Crippen LogP contribution in [0.1, 0.15) is 23.4 Å². The van der Waals surface area contributed by atoms with Crippen LogP contribution in [0.4, 0.5) is 10.8 Å². The number of halogens is 1. The molecule has 3 aromatic rings. The Balaban J connectivity index is 1.57. The Morgan fingerprint density at radius 1 is 1.26 bits per heavy atom. The van der Waals surface area contributed by atoms with Crippen molar-refractivity contribution in [2.24, 2.45) is 0 Å². The fraction of sp³-hybridized carbons (Fsp3) is 0.250. The van der Waals surface area contributed by atoms with Crippen LogP contribution in [-0.4, -0.2) is 24.0 Å². The Bertz CT molecular complexity index is 867. The van der Waals surface area contributed by atoms with Gasteiger partial charge in [0.05, 0.1) is 10.2 Å². The molecule has 23 heavy (non-hydrogen) atoms. The van der Waals surface area contributed by atoms with Crippen LogP contribution in [-0.2, 0) is 0 Å². The van der Waals surface area contributed by atoms with Crippen molar-refractivity contribution in [3.05, 3.63) is 40.8 Å². The van der Waals surface area contributed by atoms with Crippen LogP contribution >= 0.6 is 27.3 Å². The van der Waals surface area contributed by atoms with Gasteiger partial charge < -0.3 is 14.6 Å². The summed E-state index contributed by atoms with van der Waals surface area (Å²) in [5, 5.41) is 3.92. The van der Waals surface area contributed by atoms with Gasteiger partial charge in [0.15, 0.2) is 15.6 Å². The molecule has 1 saturated heterocycles. The third kappa shape index (κ3) is 2.98. The first kappa shape index (κ1) is 14.7. The van der Waals surface area contributed by atoms with Gasteiger partial charge in [0, 0.05) is 18.8 Å². The Morgan fingerprint density at radius 3 is 2.83 bits per heavy atom. The third-order valence-electron chi connectivity index (χ3n) is 3.81. The van der Waals surface area contributed by atoms with Gasteiger partial charge in [-0.15, -0.1) is 0 Å². The monoisotopic (exact) mass is 391 g/mol. The Kier molecular flexibility index (Phi) is 3.82. The molecule has 1 N–H and O–H groups in total. The normalized spacial score (nSPS) is 14.6.